The van der Waals surface area contributed by atoms with Gasteiger partial charge in [-0.3, -0.25) is 4.79 Å². The predicted molar refractivity (Wildman–Crippen MR) is 144 cm³/mol. The van der Waals surface area contributed by atoms with Crippen LogP contribution < -0.4 is 11.1 Å². The molecular weight excluding hydrogens is 596 g/mol. The maximum Gasteiger partial charge on any atom is 0.219 e. The molecule has 0 bridgehead atoms. The minimum absolute atomic E-state index is 0.0721. The summed E-state index contributed by atoms with van der Waals surface area (Å²) in [5.74, 6) is -0.0721. The molecular formula is C26H48N2O16. The highest BCUT2D eigenvalue weighted by Crippen LogP contribution is 2.32. The third-order valence-electron chi connectivity index (χ3n) is 7.84. The van der Waals surface area contributed by atoms with Crippen LogP contribution >= 0.6 is 0 Å². The SMILES string of the molecule is CCCCC(=O)NCCCO[C@@H]1OC(CO)[C@H](OC2OC(CO)[C@@H](O)C(O[C@@H]3OC(CO)[C@H](O)C(O)C3O)C2O)C(O)C1N. The van der Waals surface area contributed by atoms with Crippen molar-refractivity contribution in [3.63, 3.8) is 0 Å². The van der Waals surface area contributed by atoms with Crippen molar-refractivity contribution in [3.05, 3.63) is 0 Å². The van der Waals surface area contributed by atoms with E-state index in [2.05, 4.69) is 5.32 Å². The zero-order chi connectivity index (χ0) is 32.6. The van der Waals surface area contributed by atoms with Crippen LogP contribution in [0.2, 0.25) is 0 Å². The molecule has 0 aromatic heterocycles. The largest absolute Gasteiger partial charge is 0.394 e. The van der Waals surface area contributed by atoms with Gasteiger partial charge in [-0.05, 0) is 12.8 Å². The third-order valence-corrected chi connectivity index (χ3v) is 7.84. The smallest absolute Gasteiger partial charge is 0.219 e. The van der Waals surface area contributed by atoms with Crippen LogP contribution in [0.4, 0.5) is 0 Å². The van der Waals surface area contributed by atoms with Crippen LogP contribution in [0.25, 0.3) is 0 Å². The van der Waals surface area contributed by atoms with Crippen LogP contribution in [0.5, 0.6) is 0 Å². The van der Waals surface area contributed by atoms with E-state index < -0.39 is 112 Å². The third kappa shape index (κ3) is 9.00. The van der Waals surface area contributed by atoms with Crippen LogP contribution in [-0.2, 0) is 33.2 Å². The molecule has 18 heteroatoms. The van der Waals surface area contributed by atoms with Crippen molar-refractivity contribution >= 4 is 5.91 Å². The first-order valence-electron chi connectivity index (χ1n) is 14.8. The molecule has 0 aromatic rings. The summed E-state index contributed by atoms with van der Waals surface area (Å²) in [7, 11) is 0. The molecule has 0 aromatic carbocycles. The van der Waals surface area contributed by atoms with E-state index in [1.807, 2.05) is 6.92 Å². The maximum atomic E-state index is 11.7. The lowest BCUT2D eigenvalue weighted by Crippen LogP contribution is -2.67. The molecule has 258 valence electrons. The Bertz CT molecular complexity index is 857. The molecule has 10 unspecified atom stereocenters. The van der Waals surface area contributed by atoms with Crippen molar-refractivity contribution in [2.45, 2.75) is 125 Å². The van der Waals surface area contributed by atoms with Gasteiger partial charge in [-0.2, -0.15) is 0 Å². The molecule has 0 saturated carbocycles. The molecule has 3 rings (SSSR count). The van der Waals surface area contributed by atoms with Crippen molar-refractivity contribution in [3.8, 4) is 0 Å². The van der Waals surface area contributed by atoms with E-state index >= 15 is 0 Å². The van der Waals surface area contributed by atoms with E-state index in [1.54, 1.807) is 0 Å². The average molecular weight is 645 g/mol. The van der Waals surface area contributed by atoms with E-state index in [1.165, 1.54) is 0 Å². The fourth-order valence-electron chi connectivity index (χ4n) is 5.15. The van der Waals surface area contributed by atoms with Crippen LogP contribution in [-0.4, -0.2) is 177 Å². The topological polar surface area (TPSA) is 293 Å². The Hall–Kier alpha value is -1.17. The maximum absolute atomic E-state index is 11.7. The van der Waals surface area contributed by atoms with Gasteiger partial charge in [0.1, 0.15) is 67.1 Å². The second kappa shape index (κ2) is 17.7. The van der Waals surface area contributed by atoms with Crippen LogP contribution in [0, 0.1) is 0 Å². The summed E-state index contributed by atoms with van der Waals surface area (Å²) in [4.78, 5) is 11.7. The average Bonchev–Trinajstić information content (AvgIpc) is 3.02. The van der Waals surface area contributed by atoms with Gasteiger partial charge >= 0.3 is 0 Å². The van der Waals surface area contributed by atoms with E-state index in [0.717, 1.165) is 12.8 Å². The highest BCUT2D eigenvalue weighted by atomic mass is 16.8. The molecule has 1 amide bonds. The van der Waals surface area contributed by atoms with Crippen molar-refractivity contribution in [2.24, 2.45) is 5.73 Å². The summed E-state index contributed by atoms with van der Waals surface area (Å²) >= 11 is 0. The molecule has 44 heavy (non-hydrogen) atoms. The number of ether oxygens (including phenoxy) is 6. The zero-order valence-corrected chi connectivity index (χ0v) is 24.5. The predicted octanol–water partition coefficient (Wildman–Crippen LogP) is -5.89. The van der Waals surface area contributed by atoms with Crippen molar-refractivity contribution < 1.29 is 79.2 Å². The summed E-state index contributed by atoms with van der Waals surface area (Å²) in [5, 5.41) is 95.1. The Kier molecular flexibility index (Phi) is 15.0. The van der Waals surface area contributed by atoms with Crippen LogP contribution in [0.3, 0.4) is 0 Å². The second-order valence-electron chi connectivity index (χ2n) is 11.1. The van der Waals surface area contributed by atoms with E-state index in [-0.39, 0.29) is 12.5 Å². The van der Waals surface area contributed by atoms with Gasteiger partial charge in [0, 0.05) is 13.0 Å². The first-order chi connectivity index (χ1) is 21.0. The molecule has 15 atom stereocenters. The van der Waals surface area contributed by atoms with E-state index in [4.69, 9.17) is 34.2 Å². The number of carbonyl (C=O) groups excluding carboxylic acids is 1. The van der Waals surface area contributed by atoms with Gasteiger partial charge in [0.05, 0.1) is 32.5 Å². The quantitative estimate of drug-likeness (QED) is 0.0740. The Morgan fingerprint density at radius 3 is 1.89 bits per heavy atom. The Morgan fingerprint density at radius 1 is 0.705 bits per heavy atom. The molecule has 18 nitrogen and oxygen atoms in total. The first kappa shape index (κ1) is 37.3. The van der Waals surface area contributed by atoms with Crippen molar-refractivity contribution in [1.82, 2.24) is 5.32 Å². The van der Waals surface area contributed by atoms with E-state index in [0.29, 0.717) is 19.4 Å². The number of nitrogens with two attached hydrogens (primary N) is 1. The number of carbonyl (C=O) groups is 1. The number of aliphatic hydroxyl groups is 9. The number of amides is 1. The standard InChI is InChI=1S/C26H48N2O16/c1-2-3-5-14(32)28-6-4-7-39-24-15(27)18(35)22(13(10-31)42-24)43-26-21(38)23(17(34)12(9-30)41-26)44-25-20(37)19(36)16(33)11(8-29)40-25/h11-13,15-26,29-31,33-38H,2-10,27H2,1H3,(H,28,32)/t11?,12?,13?,15?,16-,17+,18?,19?,20?,21?,22-,23?,24+,25-,26?/m0/s1. The Balaban J connectivity index is 1.62. The lowest BCUT2D eigenvalue weighted by atomic mass is 9.95. The highest BCUT2D eigenvalue weighted by Gasteiger charge is 2.53. The normalized spacial score (nSPS) is 43.1. The molecule has 3 heterocycles. The van der Waals surface area contributed by atoms with Gasteiger partial charge < -0.3 is 85.4 Å². The number of hydrogen-bond acceptors (Lipinski definition) is 17. The fourth-order valence-corrected chi connectivity index (χ4v) is 5.15. The first-order valence-corrected chi connectivity index (χ1v) is 14.8. The summed E-state index contributed by atoms with van der Waals surface area (Å²) in [5.41, 5.74) is 6.13. The summed E-state index contributed by atoms with van der Waals surface area (Å²) in [6, 6.07) is -1.19. The number of hydrogen-bond donors (Lipinski definition) is 11. The Morgan fingerprint density at radius 2 is 1.27 bits per heavy atom. The lowest BCUT2D eigenvalue weighted by molar-refractivity contribution is -0.375. The van der Waals surface area contributed by atoms with Gasteiger partial charge in [0.15, 0.2) is 18.9 Å². The molecule has 3 aliphatic rings. The molecule has 3 saturated heterocycles. The summed E-state index contributed by atoms with van der Waals surface area (Å²) in [6.07, 6.45) is -19.6. The monoisotopic (exact) mass is 644 g/mol. The lowest BCUT2D eigenvalue weighted by Gasteiger charge is -2.48. The molecule has 12 N–H and O–H groups in total. The number of aliphatic hydroxyl groups excluding tert-OH is 9. The number of nitrogens with one attached hydrogen (secondary N) is 1. The highest BCUT2D eigenvalue weighted by molar-refractivity contribution is 5.75. The molecule has 0 spiro atoms. The molecule has 3 fully saturated rings. The molecule has 0 radical (unpaired) electrons. The Labute approximate surface area is 254 Å². The van der Waals surface area contributed by atoms with Crippen LogP contribution in [0.15, 0.2) is 0 Å². The van der Waals surface area contributed by atoms with Crippen molar-refractivity contribution in [2.75, 3.05) is 33.0 Å². The summed E-state index contributed by atoms with van der Waals surface area (Å²) < 4.78 is 33.4. The van der Waals surface area contributed by atoms with E-state index in [9.17, 15) is 50.8 Å². The van der Waals surface area contributed by atoms with Gasteiger partial charge in [0.25, 0.3) is 0 Å². The number of rotatable bonds is 15. The minimum Gasteiger partial charge on any atom is -0.394 e. The fraction of sp³-hybridized carbons (Fsp3) is 0.962. The van der Waals surface area contributed by atoms with Gasteiger partial charge in [-0.1, -0.05) is 13.3 Å². The minimum atomic E-state index is -1.87. The van der Waals surface area contributed by atoms with Crippen LogP contribution in [0.1, 0.15) is 32.6 Å². The second-order valence-corrected chi connectivity index (χ2v) is 11.1. The molecule has 0 aliphatic carbocycles. The molecule has 3 aliphatic heterocycles. The zero-order valence-electron chi connectivity index (χ0n) is 24.5. The van der Waals surface area contributed by atoms with Gasteiger partial charge in [-0.15, -0.1) is 0 Å². The summed E-state index contributed by atoms with van der Waals surface area (Å²) in [6.45, 7) is 0.227. The van der Waals surface area contributed by atoms with Crippen molar-refractivity contribution in [1.29, 1.82) is 0 Å². The van der Waals surface area contributed by atoms with Gasteiger partial charge in [0.2, 0.25) is 5.91 Å². The van der Waals surface area contributed by atoms with Gasteiger partial charge in [-0.25, -0.2) is 0 Å². The number of unbranched alkanes of at least 4 members (excludes halogenated alkanes) is 1.